The van der Waals surface area contributed by atoms with Crippen molar-refractivity contribution < 1.29 is 5.11 Å². The number of hydrogen-bond acceptors (Lipinski definition) is 5. The van der Waals surface area contributed by atoms with E-state index in [1.807, 2.05) is 6.07 Å². The number of aromatic hydroxyl groups is 1. The van der Waals surface area contributed by atoms with Crippen LogP contribution in [0, 0.1) is 11.3 Å². The van der Waals surface area contributed by atoms with Crippen LogP contribution in [0.15, 0.2) is 36.5 Å². The lowest BCUT2D eigenvalue weighted by atomic mass is 10.1. The average molecular weight is 240 g/mol. The molecule has 0 aliphatic rings. The first kappa shape index (κ1) is 11.7. The first-order valence-electron chi connectivity index (χ1n) is 5.37. The van der Waals surface area contributed by atoms with Crippen molar-refractivity contribution in [1.82, 2.24) is 4.98 Å². The Labute approximate surface area is 105 Å². The van der Waals surface area contributed by atoms with Crippen molar-refractivity contribution in [3.05, 3.63) is 47.8 Å². The van der Waals surface area contributed by atoms with Gasteiger partial charge in [0.1, 0.15) is 11.8 Å². The molecule has 0 fully saturated rings. The Hall–Kier alpha value is -2.74. The van der Waals surface area contributed by atoms with E-state index < -0.39 is 0 Å². The highest BCUT2D eigenvalue weighted by Gasteiger charge is 2.04. The Morgan fingerprint density at radius 3 is 3.00 bits per heavy atom. The summed E-state index contributed by atoms with van der Waals surface area (Å²) >= 11 is 0. The van der Waals surface area contributed by atoms with Gasteiger partial charge in [0.2, 0.25) is 0 Å². The van der Waals surface area contributed by atoms with E-state index in [0.717, 1.165) is 0 Å². The van der Waals surface area contributed by atoms with Crippen molar-refractivity contribution in [2.75, 3.05) is 11.1 Å². The van der Waals surface area contributed by atoms with Gasteiger partial charge >= 0.3 is 0 Å². The molecule has 0 bridgehead atoms. The van der Waals surface area contributed by atoms with Crippen molar-refractivity contribution in [2.45, 2.75) is 6.54 Å². The van der Waals surface area contributed by atoms with Crippen molar-refractivity contribution in [1.29, 1.82) is 5.26 Å². The number of nitrogens with two attached hydrogens (primary N) is 1. The number of hydrogen-bond donors (Lipinski definition) is 3. The van der Waals surface area contributed by atoms with Gasteiger partial charge in [-0.25, -0.2) is 4.98 Å². The average Bonchev–Trinajstić information content (AvgIpc) is 2.40. The summed E-state index contributed by atoms with van der Waals surface area (Å²) in [5.41, 5.74) is 7.85. The van der Waals surface area contributed by atoms with E-state index in [-0.39, 0.29) is 5.75 Å². The van der Waals surface area contributed by atoms with Crippen LogP contribution in [0.25, 0.3) is 0 Å². The number of nitrogens with zero attached hydrogens (tertiary/aromatic N) is 2. The normalized spacial score (nSPS) is 9.72. The fourth-order valence-electron chi connectivity index (χ4n) is 1.57. The summed E-state index contributed by atoms with van der Waals surface area (Å²) in [4.78, 5) is 3.94. The van der Waals surface area contributed by atoms with Gasteiger partial charge < -0.3 is 16.2 Å². The highest BCUT2D eigenvalue weighted by Crippen LogP contribution is 2.21. The number of anilines is 2. The minimum absolute atomic E-state index is 0.166. The minimum atomic E-state index is 0.166. The Bertz CT molecular complexity index is 604. The molecule has 90 valence electrons. The molecular weight excluding hydrogens is 228 g/mol. The molecule has 1 aromatic heterocycles. The van der Waals surface area contributed by atoms with Crippen LogP contribution in [0.3, 0.4) is 0 Å². The Balaban J connectivity index is 2.17. The van der Waals surface area contributed by atoms with Crippen molar-refractivity contribution >= 4 is 11.4 Å². The molecule has 5 heteroatoms. The van der Waals surface area contributed by atoms with E-state index >= 15 is 0 Å². The smallest absolute Gasteiger partial charge is 0.163 e. The highest BCUT2D eigenvalue weighted by molar-refractivity contribution is 5.55. The van der Waals surface area contributed by atoms with Crippen LogP contribution in [-0.4, -0.2) is 10.1 Å². The zero-order valence-electron chi connectivity index (χ0n) is 9.59. The van der Waals surface area contributed by atoms with Gasteiger partial charge in [0, 0.05) is 24.0 Å². The molecule has 0 atom stereocenters. The van der Waals surface area contributed by atoms with Crippen molar-refractivity contribution in [2.24, 2.45) is 0 Å². The predicted molar refractivity (Wildman–Crippen MR) is 68.8 cm³/mol. The molecule has 2 rings (SSSR count). The van der Waals surface area contributed by atoms with Gasteiger partial charge in [-0.2, -0.15) is 5.26 Å². The van der Waals surface area contributed by atoms with Crippen LogP contribution in [-0.2, 0) is 6.54 Å². The Morgan fingerprint density at radius 2 is 2.22 bits per heavy atom. The molecule has 18 heavy (non-hydrogen) atoms. The van der Waals surface area contributed by atoms with E-state index in [1.54, 1.807) is 36.5 Å². The van der Waals surface area contributed by atoms with E-state index in [4.69, 9.17) is 11.0 Å². The summed E-state index contributed by atoms with van der Waals surface area (Å²) in [7, 11) is 0. The van der Waals surface area contributed by atoms with Crippen molar-refractivity contribution in [3.63, 3.8) is 0 Å². The molecule has 1 heterocycles. The number of aromatic nitrogens is 1. The van der Waals surface area contributed by atoms with Gasteiger partial charge in [-0.3, -0.25) is 0 Å². The topological polar surface area (TPSA) is 95.0 Å². The SMILES string of the molecule is N#Cc1ncccc1NCc1cc(N)ccc1O. The molecule has 4 N–H and O–H groups in total. The molecule has 1 aromatic carbocycles. The maximum atomic E-state index is 9.66. The monoisotopic (exact) mass is 240 g/mol. The van der Waals surface area contributed by atoms with Gasteiger partial charge in [-0.05, 0) is 30.3 Å². The molecule has 0 spiro atoms. The van der Waals surface area contributed by atoms with Gasteiger partial charge in [-0.15, -0.1) is 0 Å². The molecule has 2 aromatic rings. The number of benzene rings is 1. The summed E-state index contributed by atoms with van der Waals surface area (Å²) in [6, 6.07) is 10.4. The first-order valence-corrected chi connectivity index (χ1v) is 5.37. The minimum Gasteiger partial charge on any atom is -0.508 e. The predicted octanol–water partition coefficient (Wildman–Crippen LogP) is 1.85. The fourth-order valence-corrected chi connectivity index (χ4v) is 1.57. The van der Waals surface area contributed by atoms with Crippen LogP contribution in [0.2, 0.25) is 0 Å². The quantitative estimate of drug-likeness (QED) is 0.562. The number of pyridine rings is 1. The van der Waals surface area contributed by atoms with Crippen LogP contribution in [0.1, 0.15) is 11.3 Å². The third kappa shape index (κ3) is 2.50. The summed E-state index contributed by atoms with van der Waals surface area (Å²) in [5, 5.41) is 21.6. The number of nitrogen functional groups attached to an aromatic ring is 1. The highest BCUT2D eigenvalue weighted by atomic mass is 16.3. The number of phenols is 1. The number of nitriles is 1. The molecule has 0 saturated heterocycles. The first-order chi connectivity index (χ1) is 8.70. The van der Waals surface area contributed by atoms with E-state index in [9.17, 15) is 5.11 Å². The largest absolute Gasteiger partial charge is 0.508 e. The number of nitrogens with one attached hydrogen (secondary N) is 1. The molecule has 0 unspecified atom stereocenters. The summed E-state index contributed by atoms with van der Waals surface area (Å²) in [6.07, 6.45) is 1.56. The molecule has 0 aliphatic heterocycles. The second kappa shape index (κ2) is 5.06. The molecule has 0 saturated carbocycles. The number of phenolic OH excluding ortho intramolecular Hbond substituents is 1. The van der Waals surface area contributed by atoms with Crippen LogP contribution >= 0.6 is 0 Å². The molecule has 5 nitrogen and oxygen atoms in total. The summed E-state index contributed by atoms with van der Waals surface area (Å²) in [5.74, 6) is 0.166. The third-order valence-electron chi connectivity index (χ3n) is 2.49. The fraction of sp³-hybridized carbons (Fsp3) is 0.0769. The Morgan fingerprint density at radius 1 is 1.39 bits per heavy atom. The third-order valence-corrected chi connectivity index (χ3v) is 2.49. The lowest BCUT2D eigenvalue weighted by molar-refractivity contribution is 0.469. The molecular formula is C13H12N4O. The summed E-state index contributed by atoms with van der Waals surface area (Å²) in [6.45, 7) is 0.372. The molecule has 0 aliphatic carbocycles. The van der Waals surface area contributed by atoms with Gasteiger partial charge in [0.25, 0.3) is 0 Å². The van der Waals surface area contributed by atoms with Gasteiger partial charge in [0.05, 0.1) is 5.69 Å². The van der Waals surface area contributed by atoms with E-state index in [2.05, 4.69) is 10.3 Å². The van der Waals surface area contributed by atoms with Crippen LogP contribution in [0.5, 0.6) is 5.75 Å². The van der Waals surface area contributed by atoms with E-state index in [0.29, 0.717) is 29.2 Å². The number of rotatable bonds is 3. The van der Waals surface area contributed by atoms with Crippen molar-refractivity contribution in [3.8, 4) is 11.8 Å². The van der Waals surface area contributed by atoms with Crippen LogP contribution < -0.4 is 11.1 Å². The zero-order valence-corrected chi connectivity index (χ0v) is 9.59. The maximum absolute atomic E-state index is 9.66. The molecule has 0 amide bonds. The Kier molecular flexibility index (Phi) is 3.30. The second-order valence-corrected chi connectivity index (χ2v) is 3.75. The summed E-state index contributed by atoms with van der Waals surface area (Å²) < 4.78 is 0. The van der Waals surface area contributed by atoms with Crippen LogP contribution in [0.4, 0.5) is 11.4 Å². The lowest BCUT2D eigenvalue weighted by Crippen LogP contribution is -2.03. The lowest BCUT2D eigenvalue weighted by Gasteiger charge is -2.09. The molecule has 0 radical (unpaired) electrons. The second-order valence-electron chi connectivity index (χ2n) is 3.75. The standard InChI is InChI=1S/C13H12N4O/c14-7-12-11(2-1-5-16-12)17-8-9-6-10(15)3-4-13(9)18/h1-6,17-18H,8,15H2. The van der Waals surface area contributed by atoms with Gasteiger partial charge in [-0.1, -0.05) is 0 Å². The van der Waals surface area contributed by atoms with E-state index in [1.165, 1.54) is 0 Å². The maximum Gasteiger partial charge on any atom is 0.163 e. The zero-order chi connectivity index (χ0) is 13.0. The van der Waals surface area contributed by atoms with Gasteiger partial charge in [0.15, 0.2) is 5.69 Å².